The molecule has 0 radical (unpaired) electrons. The highest BCUT2D eigenvalue weighted by atomic mass is 32.2. The van der Waals surface area contributed by atoms with E-state index in [0.717, 1.165) is 12.8 Å². The second-order valence-electron chi connectivity index (χ2n) is 7.18. The number of pyridine rings is 1. The van der Waals surface area contributed by atoms with Gasteiger partial charge < -0.3 is 0 Å². The van der Waals surface area contributed by atoms with Crippen LogP contribution in [0.15, 0.2) is 23.4 Å². The van der Waals surface area contributed by atoms with Crippen molar-refractivity contribution in [1.82, 2.24) is 9.29 Å². The van der Waals surface area contributed by atoms with E-state index in [1.54, 1.807) is 4.31 Å². The van der Waals surface area contributed by atoms with Gasteiger partial charge >= 0.3 is 0 Å². The summed E-state index contributed by atoms with van der Waals surface area (Å²) in [6.07, 6.45) is 8.63. The Morgan fingerprint density at radius 2 is 2.00 bits per heavy atom. The van der Waals surface area contributed by atoms with Gasteiger partial charge in [-0.05, 0) is 24.8 Å². The number of hydrogen-bond donors (Lipinski definition) is 0. The van der Waals surface area contributed by atoms with Crippen LogP contribution in [0.5, 0.6) is 0 Å². The minimum atomic E-state index is -3.58. The fourth-order valence-electron chi connectivity index (χ4n) is 4.44. The third-order valence-electron chi connectivity index (χ3n) is 5.34. The van der Waals surface area contributed by atoms with Crippen molar-refractivity contribution in [2.24, 2.45) is 11.3 Å². The number of sulfonamides is 1. The summed E-state index contributed by atoms with van der Waals surface area (Å²) in [5.74, 6) is 0.281. The van der Waals surface area contributed by atoms with Gasteiger partial charge in [-0.3, -0.25) is 4.98 Å². The minimum absolute atomic E-state index is 0.0542. The van der Waals surface area contributed by atoms with Crippen LogP contribution in [-0.4, -0.2) is 30.3 Å². The summed E-state index contributed by atoms with van der Waals surface area (Å²) >= 11 is 0. The zero-order chi connectivity index (χ0) is 16.7. The van der Waals surface area contributed by atoms with Crippen molar-refractivity contribution in [2.45, 2.75) is 56.9 Å². The van der Waals surface area contributed by atoms with Crippen LogP contribution in [0, 0.1) is 22.7 Å². The van der Waals surface area contributed by atoms with Crippen LogP contribution in [0.25, 0.3) is 0 Å². The van der Waals surface area contributed by atoms with Crippen molar-refractivity contribution in [3.05, 3.63) is 24.0 Å². The molecule has 1 saturated heterocycles. The smallest absolute Gasteiger partial charge is 0.244 e. The highest BCUT2D eigenvalue weighted by Gasteiger charge is 2.57. The molecule has 2 fully saturated rings. The first-order valence-corrected chi connectivity index (χ1v) is 9.72. The normalized spacial score (nSPS) is 24.3. The SMILES string of the molecule is CC(C)C1N(S(=O)(=O)c2cncc(C#N)c2)CC12CCCCC2. The lowest BCUT2D eigenvalue weighted by molar-refractivity contribution is -0.0652. The van der Waals surface area contributed by atoms with Crippen LogP contribution in [0.2, 0.25) is 0 Å². The van der Waals surface area contributed by atoms with E-state index in [1.165, 1.54) is 37.7 Å². The van der Waals surface area contributed by atoms with Crippen molar-refractivity contribution in [1.29, 1.82) is 5.26 Å². The molecular formula is C17H23N3O2S. The minimum Gasteiger partial charge on any atom is -0.262 e. The van der Waals surface area contributed by atoms with Crippen LogP contribution in [0.1, 0.15) is 51.5 Å². The van der Waals surface area contributed by atoms with Crippen molar-refractivity contribution < 1.29 is 8.42 Å². The molecule has 1 unspecified atom stereocenters. The summed E-state index contributed by atoms with van der Waals surface area (Å²) in [6.45, 7) is 4.81. The molecule has 1 aliphatic carbocycles. The van der Waals surface area contributed by atoms with Crippen molar-refractivity contribution >= 4 is 10.0 Å². The molecule has 5 nitrogen and oxygen atoms in total. The molecule has 124 valence electrons. The van der Waals surface area contributed by atoms with Crippen molar-refractivity contribution in [2.75, 3.05) is 6.54 Å². The maximum Gasteiger partial charge on any atom is 0.244 e. The summed E-state index contributed by atoms with van der Waals surface area (Å²) in [5, 5.41) is 8.98. The molecule has 1 aromatic heterocycles. The fourth-order valence-corrected chi connectivity index (χ4v) is 6.37. The average Bonchev–Trinajstić information content (AvgIpc) is 2.53. The Bertz CT molecular complexity index is 730. The lowest BCUT2D eigenvalue weighted by Gasteiger charge is -2.60. The van der Waals surface area contributed by atoms with Crippen molar-refractivity contribution in [3.8, 4) is 6.07 Å². The summed E-state index contributed by atoms with van der Waals surface area (Å²) in [7, 11) is -3.58. The molecule has 0 amide bonds. The molecule has 1 aliphatic heterocycles. The molecule has 1 spiro atoms. The highest BCUT2D eigenvalue weighted by molar-refractivity contribution is 7.89. The molecular weight excluding hydrogens is 310 g/mol. The molecule has 2 heterocycles. The Balaban J connectivity index is 1.93. The van der Waals surface area contributed by atoms with Crippen LogP contribution in [0.3, 0.4) is 0 Å². The standard InChI is InChI=1S/C17H23N3O2S/c1-13(2)16-17(6-4-3-5-7-17)12-20(16)23(21,22)15-8-14(9-18)10-19-11-15/h8,10-11,13,16H,3-7,12H2,1-2H3. The molecule has 0 bridgehead atoms. The first kappa shape index (κ1) is 16.4. The second-order valence-corrected chi connectivity index (χ2v) is 9.07. The molecule has 0 N–H and O–H groups in total. The first-order chi connectivity index (χ1) is 10.9. The monoisotopic (exact) mass is 333 g/mol. The number of rotatable bonds is 3. The van der Waals surface area contributed by atoms with Gasteiger partial charge in [0.1, 0.15) is 11.0 Å². The maximum atomic E-state index is 13.0. The topological polar surface area (TPSA) is 74.1 Å². The van der Waals surface area contributed by atoms with Gasteiger partial charge in [-0.25, -0.2) is 8.42 Å². The molecule has 1 atom stereocenters. The predicted molar refractivity (Wildman–Crippen MR) is 87.0 cm³/mol. The zero-order valence-electron chi connectivity index (χ0n) is 13.7. The van der Waals surface area contributed by atoms with E-state index in [0.29, 0.717) is 6.54 Å². The van der Waals surface area contributed by atoms with E-state index in [-0.39, 0.29) is 27.8 Å². The van der Waals surface area contributed by atoms with Gasteiger partial charge in [-0.1, -0.05) is 33.1 Å². The van der Waals surface area contributed by atoms with Crippen LogP contribution < -0.4 is 0 Å². The highest BCUT2D eigenvalue weighted by Crippen LogP contribution is 2.53. The van der Waals surface area contributed by atoms with Gasteiger partial charge in [0.25, 0.3) is 0 Å². The lowest BCUT2D eigenvalue weighted by Crippen LogP contribution is -2.68. The Morgan fingerprint density at radius 1 is 1.30 bits per heavy atom. The van der Waals surface area contributed by atoms with Gasteiger partial charge in [0, 0.05) is 30.4 Å². The Hall–Kier alpha value is -1.45. The summed E-state index contributed by atoms with van der Waals surface area (Å²) in [5.41, 5.74) is 0.430. The average molecular weight is 333 g/mol. The molecule has 1 aromatic rings. The Morgan fingerprint density at radius 3 is 2.61 bits per heavy atom. The maximum absolute atomic E-state index is 13.0. The quantitative estimate of drug-likeness (QED) is 0.852. The Kier molecular flexibility index (Phi) is 4.19. The van der Waals surface area contributed by atoms with Gasteiger partial charge in [0.15, 0.2) is 0 Å². The van der Waals surface area contributed by atoms with E-state index in [1.807, 2.05) is 6.07 Å². The first-order valence-electron chi connectivity index (χ1n) is 8.28. The van der Waals surface area contributed by atoms with Crippen LogP contribution in [-0.2, 0) is 10.0 Å². The van der Waals surface area contributed by atoms with Gasteiger partial charge in [0.2, 0.25) is 10.0 Å². The van der Waals surface area contributed by atoms with Crippen molar-refractivity contribution in [3.63, 3.8) is 0 Å². The number of hydrogen-bond acceptors (Lipinski definition) is 4. The third-order valence-corrected chi connectivity index (χ3v) is 7.13. The predicted octanol–water partition coefficient (Wildman–Crippen LogP) is 2.93. The second kappa shape index (κ2) is 5.88. The van der Waals surface area contributed by atoms with E-state index in [4.69, 9.17) is 5.26 Å². The third kappa shape index (κ3) is 2.66. The lowest BCUT2D eigenvalue weighted by atomic mass is 9.61. The van der Waals surface area contributed by atoms with E-state index >= 15 is 0 Å². The molecule has 2 aliphatic rings. The van der Waals surface area contributed by atoms with E-state index < -0.39 is 10.0 Å². The number of nitrogens with zero attached hydrogens (tertiary/aromatic N) is 3. The van der Waals surface area contributed by atoms with Crippen LogP contribution in [0.4, 0.5) is 0 Å². The number of aromatic nitrogens is 1. The van der Waals surface area contributed by atoms with E-state index in [9.17, 15) is 8.42 Å². The van der Waals surface area contributed by atoms with Crippen LogP contribution >= 0.6 is 0 Å². The summed E-state index contributed by atoms with van der Waals surface area (Å²) < 4.78 is 27.6. The number of nitriles is 1. The Labute approximate surface area is 138 Å². The fraction of sp³-hybridized carbons (Fsp3) is 0.647. The molecule has 6 heteroatoms. The summed E-state index contributed by atoms with van der Waals surface area (Å²) in [4.78, 5) is 4.04. The van der Waals surface area contributed by atoms with Gasteiger partial charge in [-0.2, -0.15) is 9.57 Å². The van der Waals surface area contributed by atoms with E-state index in [2.05, 4.69) is 18.8 Å². The molecule has 0 aromatic carbocycles. The molecule has 3 rings (SSSR count). The largest absolute Gasteiger partial charge is 0.262 e. The van der Waals surface area contributed by atoms with Gasteiger partial charge in [0.05, 0.1) is 5.56 Å². The van der Waals surface area contributed by atoms with Gasteiger partial charge in [-0.15, -0.1) is 0 Å². The summed E-state index contributed by atoms with van der Waals surface area (Å²) in [6, 6.07) is 3.44. The molecule has 1 saturated carbocycles. The molecule has 23 heavy (non-hydrogen) atoms. The zero-order valence-corrected chi connectivity index (χ0v) is 14.5.